The van der Waals surface area contributed by atoms with Crippen LogP contribution in [0, 0.1) is 0 Å². The highest BCUT2D eigenvalue weighted by Crippen LogP contribution is 2.33. The van der Waals surface area contributed by atoms with Crippen LogP contribution in [-0.4, -0.2) is 34.6 Å². The van der Waals surface area contributed by atoms with Gasteiger partial charge in [-0.15, -0.1) is 0 Å². The zero-order valence-electron chi connectivity index (χ0n) is 18.1. The second-order valence-electron chi connectivity index (χ2n) is 7.12. The number of anilines is 1. The third kappa shape index (κ3) is 6.34. The van der Waals surface area contributed by atoms with Crippen LogP contribution in [0.2, 0.25) is 15.1 Å². The van der Waals surface area contributed by atoms with E-state index in [0.717, 1.165) is 5.56 Å². The van der Waals surface area contributed by atoms with Crippen molar-refractivity contribution in [2.45, 2.75) is 17.4 Å². The summed E-state index contributed by atoms with van der Waals surface area (Å²) in [4.78, 5) is 13.1. The maximum atomic E-state index is 13.2. The number of methoxy groups -OCH3 is 2. The van der Waals surface area contributed by atoms with Gasteiger partial charge in [0.1, 0.15) is 6.04 Å². The Morgan fingerprint density at radius 1 is 0.882 bits per heavy atom. The normalized spacial score (nSPS) is 12.1. The van der Waals surface area contributed by atoms with Crippen LogP contribution in [0.25, 0.3) is 0 Å². The van der Waals surface area contributed by atoms with Crippen LogP contribution >= 0.6 is 34.8 Å². The molecule has 0 aliphatic rings. The summed E-state index contributed by atoms with van der Waals surface area (Å²) in [6.45, 7) is 0. The molecular weight excluding hydrogens is 523 g/mol. The largest absolute Gasteiger partial charge is 0.493 e. The number of hydrogen-bond acceptors (Lipinski definition) is 5. The maximum absolute atomic E-state index is 13.2. The first kappa shape index (κ1) is 26.1. The van der Waals surface area contributed by atoms with E-state index in [0.29, 0.717) is 5.75 Å². The number of carbonyl (C=O) groups is 1. The lowest BCUT2D eigenvalue weighted by Gasteiger charge is -2.20. The van der Waals surface area contributed by atoms with Crippen molar-refractivity contribution in [3.63, 3.8) is 0 Å². The summed E-state index contributed by atoms with van der Waals surface area (Å²) < 4.78 is 39.2. The predicted octanol–water partition coefficient (Wildman–Crippen LogP) is 5.19. The highest BCUT2D eigenvalue weighted by molar-refractivity contribution is 7.89. The number of rotatable bonds is 9. The van der Waals surface area contributed by atoms with E-state index >= 15 is 0 Å². The summed E-state index contributed by atoms with van der Waals surface area (Å²) in [5.41, 5.74) is 0.947. The average molecular weight is 544 g/mol. The number of benzene rings is 3. The zero-order chi connectivity index (χ0) is 24.9. The van der Waals surface area contributed by atoms with Gasteiger partial charge < -0.3 is 14.8 Å². The van der Waals surface area contributed by atoms with Gasteiger partial charge in [-0.2, -0.15) is 4.72 Å². The Morgan fingerprint density at radius 2 is 1.53 bits per heavy atom. The first-order valence-corrected chi connectivity index (χ1v) is 12.5. The summed E-state index contributed by atoms with van der Waals surface area (Å²) >= 11 is 18.2. The van der Waals surface area contributed by atoms with Crippen molar-refractivity contribution < 1.29 is 22.7 Å². The van der Waals surface area contributed by atoms with E-state index < -0.39 is 22.0 Å². The summed E-state index contributed by atoms with van der Waals surface area (Å²) in [6, 6.07) is 14.7. The van der Waals surface area contributed by atoms with Crippen LogP contribution < -0.4 is 19.5 Å². The monoisotopic (exact) mass is 542 g/mol. The van der Waals surface area contributed by atoms with Gasteiger partial charge in [-0.25, -0.2) is 8.42 Å². The fourth-order valence-electron chi connectivity index (χ4n) is 3.11. The lowest BCUT2D eigenvalue weighted by Crippen LogP contribution is -2.45. The summed E-state index contributed by atoms with van der Waals surface area (Å²) in [5, 5.41) is 3.19. The highest BCUT2D eigenvalue weighted by Gasteiger charge is 2.27. The number of carbonyl (C=O) groups excluding carboxylic acids is 1. The highest BCUT2D eigenvalue weighted by atomic mass is 35.5. The van der Waals surface area contributed by atoms with Gasteiger partial charge in [-0.05, 0) is 36.2 Å². The molecule has 7 nitrogen and oxygen atoms in total. The van der Waals surface area contributed by atoms with E-state index in [1.165, 1.54) is 44.6 Å². The lowest BCUT2D eigenvalue weighted by molar-refractivity contribution is -0.117. The van der Waals surface area contributed by atoms with Crippen molar-refractivity contribution in [1.29, 1.82) is 0 Å². The van der Waals surface area contributed by atoms with E-state index in [1.54, 1.807) is 24.3 Å². The van der Waals surface area contributed by atoms with E-state index in [4.69, 9.17) is 44.3 Å². The number of nitrogens with one attached hydrogen (secondary N) is 2. The Bertz CT molecular complexity index is 1290. The van der Waals surface area contributed by atoms with Gasteiger partial charge in [-0.1, -0.05) is 65.1 Å². The molecule has 0 radical (unpaired) electrons. The van der Waals surface area contributed by atoms with Crippen LogP contribution in [0.1, 0.15) is 5.56 Å². The van der Waals surface area contributed by atoms with Crippen molar-refractivity contribution in [2.24, 2.45) is 0 Å². The molecule has 3 rings (SSSR count). The minimum absolute atomic E-state index is 0.0815. The number of sulfonamides is 1. The number of hydrogen-bond donors (Lipinski definition) is 2. The molecule has 0 heterocycles. The van der Waals surface area contributed by atoms with Gasteiger partial charge >= 0.3 is 0 Å². The summed E-state index contributed by atoms with van der Waals surface area (Å²) in [5.74, 6) is -0.0282. The second kappa shape index (κ2) is 11.3. The third-order valence-electron chi connectivity index (χ3n) is 4.83. The molecule has 0 aromatic heterocycles. The molecule has 0 aliphatic heterocycles. The van der Waals surface area contributed by atoms with Crippen LogP contribution in [0.5, 0.6) is 11.5 Å². The Morgan fingerprint density at radius 3 is 2.18 bits per heavy atom. The Hall–Kier alpha value is -2.49. The Kier molecular flexibility index (Phi) is 8.67. The average Bonchev–Trinajstić information content (AvgIpc) is 2.82. The molecule has 0 spiro atoms. The van der Waals surface area contributed by atoms with Crippen molar-refractivity contribution >= 4 is 56.4 Å². The Balaban J connectivity index is 1.93. The van der Waals surface area contributed by atoms with Gasteiger partial charge in [-0.3, -0.25) is 4.79 Å². The maximum Gasteiger partial charge on any atom is 0.242 e. The topological polar surface area (TPSA) is 93.7 Å². The molecule has 1 unspecified atom stereocenters. The van der Waals surface area contributed by atoms with Gasteiger partial charge in [0.25, 0.3) is 0 Å². The van der Waals surface area contributed by atoms with Gasteiger partial charge in [0.05, 0.1) is 39.9 Å². The molecule has 0 bridgehead atoms. The molecule has 180 valence electrons. The first-order valence-electron chi connectivity index (χ1n) is 9.88. The molecule has 0 fully saturated rings. The fourth-order valence-corrected chi connectivity index (χ4v) is 4.92. The van der Waals surface area contributed by atoms with Crippen molar-refractivity contribution in [1.82, 2.24) is 4.72 Å². The molecule has 2 N–H and O–H groups in total. The molecule has 0 saturated carbocycles. The molecule has 3 aromatic carbocycles. The van der Waals surface area contributed by atoms with Crippen LogP contribution in [0.3, 0.4) is 0 Å². The number of amides is 1. The molecule has 0 saturated heterocycles. The van der Waals surface area contributed by atoms with Gasteiger partial charge in [0.2, 0.25) is 15.9 Å². The molecule has 1 amide bonds. The molecule has 34 heavy (non-hydrogen) atoms. The second-order valence-corrected chi connectivity index (χ2v) is 10.1. The van der Waals surface area contributed by atoms with Crippen molar-refractivity contribution in [2.75, 3.05) is 19.5 Å². The van der Waals surface area contributed by atoms with Crippen LogP contribution in [0.15, 0.2) is 65.6 Å². The standard InChI is InChI=1S/C23H21Cl3N2O5S/c1-32-21-9-8-15(11-22(21)33-2)34(30,31)28-20(10-14-6-4-3-5-7-14)23(29)27-19-13-17(25)16(24)12-18(19)26/h3-9,11-13,20,28H,10H2,1-2H3,(H,27,29). The minimum Gasteiger partial charge on any atom is -0.493 e. The quantitative estimate of drug-likeness (QED) is 0.362. The molecule has 3 aromatic rings. The van der Waals surface area contributed by atoms with E-state index in [9.17, 15) is 13.2 Å². The van der Waals surface area contributed by atoms with E-state index in [1.807, 2.05) is 6.07 Å². The number of ether oxygens (including phenoxy) is 2. The summed E-state index contributed by atoms with van der Waals surface area (Å²) in [7, 11) is -1.29. The third-order valence-corrected chi connectivity index (χ3v) is 7.33. The van der Waals surface area contributed by atoms with Crippen molar-refractivity contribution in [3.8, 4) is 11.5 Å². The van der Waals surface area contributed by atoms with Crippen molar-refractivity contribution in [3.05, 3.63) is 81.3 Å². The molecular formula is C23H21Cl3N2O5S. The first-order chi connectivity index (χ1) is 16.1. The lowest BCUT2D eigenvalue weighted by atomic mass is 10.1. The molecule has 0 aliphatic carbocycles. The molecule has 11 heteroatoms. The fraction of sp³-hybridized carbons (Fsp3) is 0.174. The predicted molar refractivity (Wildman–Crippen MR) is 134 cm³/mol. The molecule has 1 atom stereocenters. The SMILES string of the molecule is COc1ccc(S(=O)(=O)NC(Cc2ccccc2)C(=O)Nc2cc(Cl)c(Cl)cc2Cl)cc1OC. The van der Waals surface area contributed by atoms with E-state index in [-0.39, 0.29) is 37.8 Å². The Labute approximate surface area is 213 Å². The zero-order valence-corrected chi connectivity index (χ0v) is 21.2. The smallest absolute Gasteiger partial charge is 0.242 e. The van der Waals surface area contributed by atoms with Crippen LogP contribution in [-0.2, 0) is 21.2 Å². The van der Waals surface area contributed by atoms with Crippen LogP contribution in [0.4, 0.5) is 5.69 Å². The van der Waals surface area contributed by atoms with E-state index in [2.05, 4.69) is 10.0 Å². The number of halogens is 3. The van der Waals surface area contributed by atoms with Gasteiger partial charge in [0, 0.05) is 6.07 Å². The minimum atomic E-state index is -4.13. The summed E-state index contributed by atoms with van der Waals surface area (Å²) in [6.07, 6.45) is 0.0815. The van der Waals surface area contributed by atoms with Gasteiger partial charge in [0.15, 0.2) is 11.5 Å².